The van der Waals surface area contributed by atoms with Gasteiger partial charge in [0.15, 0.2) is 4.80 Å². The normalized spacial score (nSPS) is 15.8. The van der Waals surface area contributed by atoms with Crippen LogP contribution in [0, 0.1) is 6.92 Å². The number of amides is 1. The molecule has 0 saturated carbocycles. The lowest BCUT2D eigenvalue weighted by Gasteiger charge is -2.17. The molecule has 0 spiro atoms. The van der Waals surface area contributed by atoms with E-state index >= 15 is 0 Å². The Morgan fingerprint density at radius 1 is 1.21 bits per heavy atom. The second kappa shape index (κ2) is 6.73. The van der Waals surface area contributed by atoms with Crippen molar-refractivity contribution in [3.63, 3.8) is 0 Å². The number of carboxylic acid groups (broad SMARTS) is 1. The third-order valence-corrected chi connectivity index (χ3v) is 5.50. The topological polar surface area (TPSA) is 71.7 Å². The lowest BCUT2D eigenvalue weighted by atomic mass is 10.0. The van der Waals surface area contributed by atoms with Crippen LogP contribution in [0.1, 0.15) is 52.3 Å². The number of fused-ring (bicyclic) bond motifs is 1. The fraction of sp³-hybridized carbons (Fsp3) is 0.389. The maximum atomic E-state index is 12.5. The van der Waals surface area contributed by atoms with Gasteiger partial charge in [0, 0.05) is 16.1 Å². The molecule has 6 heteroatoms. The largest absolute Gasteiger partial charge is 0.480 e. The van der Waals surface area contributed by atoms with E-state index in [1.165, 1.54) is 11.3 Å². The van der Waals surface area contributed by atoms with Gasteiger partial charge in [-0.1, -0.05) is 17.7 Å². The number of aryl methyl sites for hydroxylation is 2. The molecule has 1 unspecified atom stereocenters. The van der Waals surface area contributed by atoms with E-state index in [-0.39, 0.29) is 5.91 Å². The molecule has 1 amide bonds. The Morgan fingerprint density at radius 3 is 2.54 bits per heavy atom. The summed E-state index contributed by atoms with van der Waals surface area (Å²) in [5, 5.41) is 9.42. The van der Waals surface area contributed by atoms with Crippen molar-refractivity contribution in [2.45, 2.75) is 45.6 Å². The highest BCUT2D eigenvalue weighted by Crippen LogP contribution is 2.26. The lowest BCUT2D eigenvalue weighted by Crippen LogP contribution is -2.28. The Hall–Kier alpha value is -2.21. The number of aromatic nitrogens is 1. The number of benzene rings is 1. The zero-order valence-electron chi connectivity index (χ0n) is 13.8. The van der Waals surface area contributed by atoms with E-state index in [4.69, 9.17) is 0 Å². The van der Waals surface area contributed by atoms with Gasteiger partial charge >= 0.3 is 5.97 Å². The van der Waals surface area contributed by atoms with Gasteiger partial charge in [-0.25, -0.2) is 4.79 Å². The predicted molar refractivity (Wildman–Crippen MR) is 92.4 cm³/mol. The Kier molecular flexibility index (Phi) is 4.66. The zero-order valence-corrected chi connectivity index (χ0v) is 14.6. The Labute approximate surface area is 144 Å². The SMILES string of the molecule is Cc1ccc(C(=O)/N=c2\sc3c(n2C(C)C(=O)O)CCCC3)cc1. The molecule has 2 aromatic rings. The molecule has 1 aromatic heterocycles. The summed E-state index contributed by atoms with van der Waals surface area (Å²) in [6.45, 7) is 3.60. The average molecular weight is 344 g/mol. The lowest BCUT2D eigenvalue weighted by molar-refractivity contribution is -0.140. The molecule has 0 aliphatic heterocycles. The van der Waals surface area contributed by atoms with Crippen LogP contribution in [0.3, 0.4) is 0 Å². The van der Waals surface area contributed by atoms with Crippen LogP contribution < -0.4 is 4.80 Å². The molecule has 0 fully saturated rings. The Bertz CT molecular complexity index is 846. The van der Waals surface area contributed by atoms with Crippen LogP contribution in [0.15, 0.2) is 29.3 Å². The number of carboxylic acids is 1. The first-order valence-electron chi connectivity index (χ1n) is 8.09. The third-order valence-electron chi connectivity index (χ3n) is 4.34. The van der Waals surface area contributed by atoms with Crippen molar-refractivity contribution in [2.24, 2.45) is 4.99 Å². The first kappa shape index (κ1) is 16.6. The second-order valence-electron chi connectivity index (χ2n) is 6.13. The molecule has 1 heterocycles. The summed E-state index contributed by atoms with van der Waals surface area (Å²) in [5.41, 5.74) is 2.62. The number of thiazole rings is 1. The molecule has 24 heavy (non-hydrogen) atoms. The fourth-order valence-corrected chi connectivity index (χ4v) is 4.22. The summed E-state index contributed by atoms with van der Waals surface area (Å²) in [6, 6.07) is 6.51. The summed E-state index contributed by atoms with van der Waals surface area (Å²) in [7, 11) is 0. The molecule has 1 atom stereocenters. The van der Waals surface area contributed by atoms with Crippen LogP contribution in [-0.2, 0) is 17.6 Å². The summed E-state index contributed by atoms with van der Waals surface area (Å²) in [5.74, 6) is -1.25. The Morgan fingerprint density at radius 2 is 1.88 bits per heavy atom. The number of carbonyl (C=O) groups is 2. The first-order valence-corrected chi connectivity index (χ1v) is 8.90. The average Bonchev–Trinajstić information content (AvgIpc) is 2.92. The highest BCUT2D eigenvalue weighted by molar-refractivity contribution is 7.09. The summed E-state index contributed by atoms with van der Waals surface area (Å²) >= 11 is 1.45. The number of hydrogen-bond acceptors (Lipinski definition) is 3. The fourth-order valence-electron chi connectivity index (χ4n) is 2.94. The number of carbonyl (C=O) groups excluding carboxylic acids is 1. The number of hydrogen-bond donors (Lipinski definition) is 1. The van der Waals surface area contributed by atoms with Crippen LogP contribution in [0.5, 0.6) is 0 Å². The minimum Gasteiger partial charge on any atom is -0.480 e. The molecule has 0 radical (unpaired) electrons. The minimum atomic E-state index is -0.912. The van der Waals surface area contributed by atoms with Gasteiger partial charge in [0.2, 0.25) is 0 Å². The van der Waals surface area contributed by atoms with Gasteiger partial charge in [-0.15, -0.1) is 11.3 Å². The monoisotopic (exact) mass is 344 g/mol. The van der Waals surface area contributed by atoms with E-state index in [9.17, 15) is 14.7 Å². The van der Waals surface area contributed by atoms with Crippen molar-refractivity contribution >= 4 is 23.2 Å². The van der Waals surface area contributed by atoms with Crippen molar-refractivity contribution < 1.29 is 14.7 Å². The van der Waals surface area contributed by atoms with Crippen LogP contribution in [0.2, 0.25) is 0 Å². The standard InChI is InChI=1S/C18H20N2O3S/c1-11-7-9-13(10-8-11)16(21)19-18-20(12(2)17(22)23)14-5-3-4-6-15(14)24-18/h7-10,12H,3-6H2,1-2H3,(H,22,23)/b19-18-. The summed E-state index contributed by atoms with van der Waals surface area (Å²) in [4.78, 5) is 29.8. The molecule has 126 valence electrons. The smallest absolute Gasteiger partial charge is 0.326 e. The van der Waals surface area contributed by atoms with Gasteiger partial charge in [-0.2, -0.15) is 4.99 Å². The molecule has 1 aliphatic carbocycles. The van der Waals surface area contributed by atoms with Crippen LogP contribution in [0.25, 0.3) is 0 Å². The molecular weight excluding hydrogens is 324 g/mol. The maximum absolute atomic E-state index is 12.5. The van der Waals surface area contributed by atoms with E-state index in [1.807, 2.05) is 19.1 Å². The van der Waals surface area contributed by atoms with Gasteiger partial charge in [0.05, 0.1) is 0 Å². The van der Waals surface area contributed by atoms with E-state index in [1.54, 1.807) is 23.6 Å². The van der Waals surface area contributed by atoms with Crippen molar-refractivity contribution in [1.82, 2.24) is 4.57 Å². The zero-order chi connectivity index (χ0) is 17.3. The molecule has 1 aliphatic rings. The molecule has 1 aromatic carbocycles. The molecule has 0 bridgehead atoms. The molecule has 3 rings (SSSR count). The van der Waals surface area contributed by atoms with E-state index in [2.05, 4.69) is 4.99 Å². The highest BCUT2D eigenvalue weighted by Gasteiger charge is 2.24. The number of nitrogens with zero attached hydrogens (tertiary/aromatic N) is 2. The van der Waals surface area contributed by atoms with Crippen molar-refractivity contribution in [3.8, 4) is 0 Å². The van der Waals surface area contributed by atoms with Gasteiger partial charge in [-0.05, 0) is 51.7 Å². The van der Waals surface area contributed by atoms with Crippen molar-refractivity contribution in [1.29, 1.82) is 0 Å². The van der Waals surface area contributed by atoms with Crippen molar-refractivity contribution in [3.05, 3.63) is 50.8 Å². The van der Waals surface area contributed by atoms with E-state index in [0.29, 0.717) is 10.4 Å². The van der Waals surface area contributed by atoms with Crippen LogP contribution in [0.4, 0.5) is 0 Å². The van der Waals surface area contributed by atoms with E-state index < -0.39 is 12.0 Å². The first-order chi connectivity index (χ1) is 11.5. The van der Waals surface area contributed by atoms with Gasteiger partial charge in [-0.3, -0.25) is 4.79 Å². The molecule has 1 N–H and O–H groups in total. The van der Waals surface area contributed by atoms with Crippen LogP contribution >= 0.6 is 11.3 Å². The van der Waals surface area contributed by atoms with Gasteiger partial charge in [0.25, 0.3) is 5.91 Å². The molecule has 5 nitrogen and oxygen atoms in total. The Balaban J connectivity index is 2.09. The highest BCUT2D eigenvalue weighted by atomic mass is 32.1. The third kappa shape index (κ3) is 3.19. The summed E-state index contributed by atoms with van der Waals surface area (Å²) in [6.07, 6.45) is 3.92. The number of rotatable bonds is 3. The maximum Gasteiger partial charge on any atom is 0.326 e. The molecular formula is C18H20N2O3S. The van der Waals surface area contributed by atoms with Gasteiger partial charge in [0.1, 0.15) is 6.04 Å². The summed E-state index contributed by atoms with van der Waals surface area (Å²) < 4.78 is 1.73. The minimum absolute atomic E-state index is 0.333. The second-order valence-corrected chi connectivity index (χ2v) is 7.19. The quantitative estimate of drug-likeness (QED) is 0.930. The van der Waals surface area contributed by atoms with E-state index in [0.717, 1.165) is 41.8 Å². The van der Waals surface area contributed by atoms with Crippen LogP contribution in [-0.4, -0.2) is 21.6 Å². The predicted octanol–water partition coefficient (Wildman–Crippen LogP) is 3.12. The van der Waals surface area contributed by atoms with Gasteiger partial charge < -0.3 is 9.67 Å². The molecule has 0 saturated heterocycles. The van der Waals surface area contributed by atoms with Crippen molar-refractivity contribution in [2.75, 3.05) is 0 Å². The number of aliphatic carboxylic acids is 1.